The van der Waals surface area contributed by atoms with E-state index in [4.69, 9.17) is 9.94 Å². The third-order valence-corrected chi connectivity index (χ3v) is 3.50. The number of oxime groups is 1. The SMILES string of the molecule is CCCC#CCCCCC/C(=N\O)C(=O)Oc1cccs1. The van der Waals surface area contributed by atoms with Crippen molar-refractivity contribution in [3.05, 3.63) is 17.5 Å². The second-order valence-corrected chi connectivity index (χ2v) is 5.44. The standard InChI is InChI=1S/C16H21NO3S/c1-2-3-4-5-6-7-8-9-11-14(17-19)16(18)20-15-12-10-13-21-15/h10,12-13,19H,2-3,6-9,11H2,1H3/b17-14+. The molecule has 0 amide bonds. The Bertz CT molecular complexity index is 497. The molecule has 1 N–H and O–H groups in total. The van der Waals surface area contributed by atoms with E-state index in [1.54, 1.807) is 12.1 Å². The molecule has 0 bridgehead atoms. The summed E-state index contributed by atoms with van der Waals surface area (Å²) in [5.41, 5.74) is 0.0699. The van der Waals surface area contributed by atoms with Gasteiger partial charge in [-0.15, -0.1) is 23.2 Å². The highest BCUT2D eigenvalue weighted by Crippen LogP contribution is 2.18. The fraction of sp³-hybridized carbons (Fsp3) is 0.500. The van der Waals surface area contributed by atoms with Gasteiger partial charge < -0.3 is 9.94 Å². The van der Waals surface area contributed by atoms with E-state index in [1.807, 2.05) is 5.38 Å². The Labute approximate surface area is 129 Å². The van der Waals surface area contributed by atoms with Gasteiger partial charge >= 0.3 is 5.97 Å². The number of thiophene rings is 1. The van der Waals surface area contributed by atoms with Crippen molar-refractivity contribution in [1.29, 1.82) is 0 Å². The van der Waals surface area contributed by atoms with E-state index in [0.29, 0.717) is 11.5 Å². The van der Waals surface area contributed by atoms with Gasteiger partial charge in [0, 0.05) is 19.3 Å². The summed E-state index contributed by atoms with van der Waals surface area (Å²) >= 11 is 1.33. The summed E-state index contributed by atoms with van der Waals surface area (Å²) in [5.74, 6) is 5.64. The Morgan fingerprint density at radius 3 is 2.81 bits per heavy atom. The molecule has 0 saturated carbocycles. The van der Waals surface area contributed by atoms with Crippen LogP contribution in [0.15, 0.2) is 22.7 Å². The predicted molar refractivity (Wildman–Crippen MR) is 84.9 cm³/mol. The fourth-order valence-electron chi connectivity index (χ4n) is 1.65. The maximum atomic E-state index is 11.8. The van der Waals surface area contributed by atoms with Gasteiger partial charge in [-0.25, -0.2) is 4.79 Å². The van der Waals surface area contributed by atoms with Crippen molar-refractivity contribution >= 4 is 23.0 Å². The Morgan fingerprint density at radius 2 is 2.14 bits per heavy atom. The van der Waals surface area contributed by atoms with E-state index in [9.17, 15) is 4.79 Å². The van der Waals surface area contributed by atoms with Crippen molar-refractivity contribution in [3.63, 3.8) is 0 Å². The Hall–Kier alpha value is -1.80. The number of rotatable bonds is 8. The average Bonchev–Trinajstić information content (AvgIpc) is 2.98. The third-order valence-electron chi connectivity index (χ3n) is 2.76. The summed E-state index contributed by atoms with van der Waals surface area (Å²) in [7, 11) is 0. The van der Waals surface area contributed by atoms with Crippen molar-refractivity contribution in [2.75, 3.05) is 0 Å². The van der Waals surface area contributed by atoms with Crippen LogP contribution in [0.5, 0.6) is 5.06 Å². The summed E-state index contributed by atoms with van der Waals surface area (Å²) in [6.07, 6.45) is 6.08. The highest BCUT2D eigenvalue weighted by Gasteiger charge is 2.15. The van der Waals surface area contributed by atoms with E-state index < -0.39 is 5.97 Å². The molecule has 0 fully saturated rings. The number of ether oxygens (including phenoxy) is 1. The smallest absolute Gasteiger partial charge is 0.362 e. The van der Waals surface area contributed by atoms with Gasteiger partial charge in [0.2, 0.25) is 0 Å². The van der Waals surface area contributed by atoms with Gasteiger partial charge in [0.25, 0.3) is 0 Å². The molecule has 114 valence electrons. The lowest BCUT2D eigenvalue weighted by Crippen LogP contribution is -2.20. The van der Waals surface area contributed by atoms with E-state index in [-0.39, 0.29) is 5.71 Å². The average molecular weight is 307 g/mol. The first-order chi connectivity index (χ1) is 10.3. The summed E-state index contributed by atoms with van der Waals surface area (Å²) in [6, 6.07) is 3.50. The molecule has 1 aromatic heterocycles. The quantitative estimate of drug-likeness (QED) is 0.195. The van der Waals surface area contributed by atoms with Crippen LogP contribution in [0, 0.1) is 11.8 Å². The number of hydrogen-bond acceptors (Lipinski definition) is 5. The molecule has 21 heavy (non-hydrogen) atoms. The van der Waals surface area contributed by atoms with E-state index >= 15 is 0 Å². The summed E-state index contributed by atoms with van der Waals surface area (Å²) in [6.45, 7) is 2.11. The molecule has 0 aliphatic rings. The molecule has 5 heteroatoms. The number of carbonyl (C=O) groups is 1. The van der Waals surface area contributed by atoms with E-state index in [0.717, 1.165) is 38.5 Å². The van der Waals surface area contributed by atoms with Gasteiger partial charge in [0.05, 0.1) is 0 Å². The highest BCUT2D eigenvalue weighted by atomic mass is 32.1. The van der Waals surface area contributed by atoms with Gasteiger partial charge in [0.15, 0.2) is 10.8 Å². The maximum absolute atomic E-state index is 11.8. The van der Waals surface area contributed by atoms with Crippen molar-refractivity contribution in [1.82, 2.24) is 0 Å². The monoisotopic (exact) mass is 307 g/mol. The van der Waals surface area contributed by atoms with Crippen LogP contribution in [0.3, 0.4) is 0 Å². The first kappa shape index (κ1) is 17.3. The second-order valence-electron chi connectivity index (χ2n) is 4.53. The highest BCUT2D eigenvalue weighted by molar-refractivity contribution is 7.11. The summed E-state index contributed by atoms with van der Waals surface area (Å²) in [5, 5.41) is 14.3. The predicted octanol–water partition coefficient (Wildman–Crippen LogP) is 4.24. The molecule has 1 heterocycles. The minimum absolute atomic E-state index is 0.0699. The van der Waals surface area contributed by atoms with Crippen LogP contribution in [0.1, 0.15) is 51.9 Å². The van der Waals surface area contributed by atoms with E-state index in [1.165, 1.54) is 11.3 Å². The Balaban J connectivity index is 2.20. The van der Waals surface area contributed by atoms with Crippen LogP contribution in [-0.4, -0.2) is 16.9 Å². The first-order valence-electron chi connectivity index (χ1n) is 7.20. The normalized spacial score (nSPS) is 10.8. The lowest BCUT2D eigenvalue weighted by molar-refractivity contribution is -0.127. The van der Waals surface area contributed by atoms with Gasteiger partial charge in [-0.2, -0.15) is 0 Å². The number of carbonyl (C=O) groups excluding carboxylic acids is 1. The lowest BCUT2D eigenvalue weighted by atomic mass is 10.1. The largest absolute Gasteiger partial charge is 0.411 e. The molecule has 0 atom stereocenters. The summed E-state index contributed by atoms with van der Waals surface area (Å²) in [4.78, 5) is 11.8. The summed E-state index contributed by atoms with van der Waals surface area (Å²) < 4.78 is 5.10. The minimum atomic E-state index is -0.581. The third kappa shape index (κ3) is 7.52. The molecule has 0 spiro atoms. The number of esters is 1. The van der Waals surface area contributed by atoms with Crippen molar-refractivity contribution in [2.24, 2.45) is 5.16 Å². The first-order valence-corrected chi connectivity index (χ1v) is 8.08. The van der Waals surface area contributed by atoms with Crippen LogP contribution in [-0.2, 0) is 4.79 Å². The molecule has 0 aromatic carbocycles. The van der Waals surface area contributed by atoms with Crippen LogP contribution in [0.4, 0.5) is 0 Å². The minimum Gasteiger partial charge on any atom is -0.411 e. The maximum Gasteiger partial charge on any atom is 0.362 e. The number of nitrogens with zero attached hydrogens (tertiary/aromatic N) is 1. The van der Waals surface area contributed by atoms with Crippen molar-refractivity contribution < 1.29 is 14.7 Å². The van der Waals surface area contributed by atoms with Crippen LogP contribution < -0.4 is 4.74 Å². The van der Waals surface area contributed by atoms with Crippen molar-refractivity contribution in [2.45, 2.75) is 51.9 Å². The van der Waals surface area contributed by atoms with Crippen LogP contribution in [0.2, 0.25) is 0 Å². The second kappa shape index (κ2) is 10.9. The van der Waals surface area contributed by atoms with E-state index in [2.05, 4.69) is 23.9 Å². The van der Waals surface area contributed by atoms with Gasteiger partial charge in [0.1, 0.15) is 0 Å². The topological polar surface area (TPSA) is 58.9 Å². The fourth-order valence-corrected chi connectivity index (χ4v) is 2.22. The molecule has 0 aliphatic heterocycles. The molecular weight excluding hydrogens is 286 g/mol. The van der Waals surface area contributed by atoms with Crippen LogP contribution >= 0.6 is 11.3 Å². The Morgan fingerprint density at radius 1 is 1.33 bits per heavy atom. The van der Waals surface area contributed by atoms with Gasteiger partial charge in [-0.05, 0) is 36.8 Å². The molecular formula is C16H21NO3S. The lowest BCUT2D eigenvalue weighted by Gasteiger charge is -2.03. The zero-order valence-electron chi connectivity index (χ0n) is 12.3. The van der Waals surface area contributed by atoms with Gasteiger partial charge in [-0.1, -0.05) is 18.5 Å². The molecule has 0 saturated heterocycles. The molecule has 1 rings (SSSR count). The molecule has 0 aliphatic carbocycles. The molecule has 0 radical (unpaired) electrons. The number of unbranched alkanes of at least 4 members (excludes halogenated alkanes) is 4. The number of hydrogen-bond donors (Lipinski definition) is 1. The molecule has 1 aromatic rings. The Kier molecular flexibility index (Phi) is 8.98. The van der Waals surface area contributed by atoms with Crippen molar-refractivity contribution in [3.8, 4) is 16.9 Å². The zero-order valence-corrected chi connectivity index (χ0v) is 13.1. The molecule has 0 unspecified atom stereocenters. The van der Waals surface area contributed by atoms with Crippen LogP contribution in [0.25, 0.3) is 0 Å². The van der Waals surface area contributed by atoms with Gasteiger partial charge in [-0.3, -0.25) is 0 Å². The zero-order chi connectivity index (χ0) is 15.3. The molecule has 4 nitrogen and oxygen atoms in total.